The standard InChI is InChI=1S/C24H30N4O3/c1-3-28-13-19(21(30)18-5-4-14(2)25-22(18)28)23(31)27-26-20(29)12-24-9-15-6-16(10-24)8-17(7-15)11-24/h4-5,13,15-17H,3,6-12H2,1-2H3,(H,26,29)(H,27,31). The third kappa shape index (κ3) is 3.64. The van der Waals surface area contributed by atoms with Crippen molar-refractivity contribution in [2.45, 2.75) is 65.3 Å². The molecule has 4 aliphatic rings. The van der Waals surface area contributed by atoms with E-state index in [1.807, 2.05) is 13.8 Å². The molecule has 0 aliphatic heterocycles. The molecule has 2 amide bonds. The van der Waals surface area contributed by atoms with Gasteiger partial charge in [0.05, 0.1) is 5.39 Å². The third-order valence-electron chi connectivity index (χ3n) is 7.66. The monoisotopic (exact) mass is 422 g/mol. The number of nitrogens with one attached hydrogen (secondary N) is 2. The van der Waals surface area contributed by atoms with Crippen molar-refractivity contribution in [1.82, 2.24) is 20.4 Å². The van der Waals surface area contributed by atoms with Gasteiger partial charge in [0.2, 0.25) is 11.3 Å². The molecule has 0 aromatic carbocycles. The van der Waals surface area contributed by atoms with E-state index < -0.39 is 5.91 Å². The molecule has 0 spiro atoms. The summed E-state index contributed by atoms with van der Waals surface area (Å²) in [6, 6.07) is 3.47. The SMILES string of the molecule is CCn1cc(C(=O)NNC(=O)CC23CC4CC(CC(C4)C2)C3)c(=O)c2ccc(C)nc21. The number of aromatic nitrogens is 2. The van der Waals surface area contributed by atoms with Crippen LogP contribution in [0, 0.1) is 30.1 Å². The number of hydrazine groups is 1. The first-order valence-electron chi connectivity index (χ1n) is 11.5. The largest absolute Gasteiger partial charge is 0.332 e. The van der Waals surface area contributed by atoms with Crippen LogP contribution >= 0.6 is 0 Å². The zero-order chi connectivity index (χ0) is 21.8. The zero-order valence-corrected chi connectivity index (χ0v) is 18.2. The maximum Gasteiger partial charge on any atom is 0.275 e. The van der Waals surface area contributed by atoms with Crippen LogP contribution in [0.5, 0.6) is 0 Å². The second-order valence-electron chi connectivity index (χ2n) is 10.1. The highest BCUT2D eigenvalue weighted by Crippen LogP contribution is 2.61. The van der Waals surface area contributed by atoms with Crippen LogP contribution in [0.4, 0.5) is 0 Å². The minimum absolute atomic E-state index is 0.00936. The average Bonchev–Trinajstić information content (AvgIpc) is 2.71. The molecule has 7 nitrogen and oxygen atoms in total. The Labute approximate surface area is 181 Å². The number of hydrogen-bond acceptors (Lipinski definition) is 4. The predicted molar refractivity (Wildman–Crippen MR) is 117 cm³/mol. The normalized spacial score (nSPS) is 28.6. The van der Waals surface area contributed by atoms with Gasteiger partial charge in [-0.3, -0.25) is 25.2 Å². The molecule has 164 valence electrons. The molecule has 2 aromatic rings. The van der Waals surface area contributed by atoms with E-state index in [0.717, 1.165) is 42.7 Å². The molecule has 2 heterocycles. The maximum absolute atomic E-state index is 12.9. The highest BCUT2D eigenvalue weighted by Gasteiger charge is 2.51. The third-order valence-corrected chi connectivity index (χ3v) is 7.66. The topological polar surface area (TPSA) is 93.1 Å². The molecule has 4 fully saturated rings. The van der Waals surface area contributed by atoms with Gasteiger partial charge in [-0.15, -0.1) is 0 Å². The molecular formula is C24H30N4O3. The first-order valence-corrected chi connectivity index (χ1v) is 11.5. The lowest BCUT2D eigenvalue weighted by Crippen LogP contribution is -2.50. The Morgan fingerprint density at radius 2 is 1.74 bits per heavy atom. The molecule has 31 heavy (non-hydrogen) atoms. The fourth-order valence-corrected chi connectivity index (χ4v) is 6.85. The number of aryl methyl sites for hydroxylation is 2. The van der Waals surface area contributed by atoms with Crippen molar-refractivity contribution in [3.8, 4) is 0 Å². The molecule has 0 unspecified atom stereocenters. The van der Waals surface area contributed by atoms with Gasteiger partial charge in [-0.25, -0.2) is 4.98 Å². The van der Waals surface area contributed by atoms with Crippen LogP contribution in [0.2, 0.25) is 0 Å². The van der Waals surface area contributed by atoms with Gasteiger partial charge in [-0.2, -0.15) is 0 Å². The number of carbonyl (C=O) groups is 2. The van der Waals surface area contributed by atoms with Crippen molar-refractivity contribution in [2.75, 3.05) is 0 Å². The van der Waals surface area contributed by atoms with Crippen LogP contribution in [-0.4, -0.2) is 21.4 Å². The van der Waals surface area contributed by atoms with E-state index in [-0.39, 0.29) is 22.3 Å². The fourth-order valence-electron chi connectivity index (χ4n) is 6.85. The average molecular weight is 423 g/mol. The van der Waals surface area contributed by atoms with Gasteiger partial charge in [-0.05, 0) is 87.7 Å². The van der Waals surface area contributed by atoms with Crippen LogP contribution in [0.15, 0.2) is 23.1 Å². The van der Waals surface area contributed by atoms with Gasteiger partial charge in [-0.1, -0.05) is 0 Å². The molecule has 0 atom stereocenters. The predicted octanol–water partition coefficient (Wildman–Crippen LogP) is 3.09. The van der Waals surface area contributed by atoms with Gasteiger partial charge >= 0.3 is 0 Å². The summed E-state index contributed by atoms with van der Waals surface area (Å²) in [5.41, 5.74) is 6.16. The van der Waals surface area contributed by atoms with E-state index in [0.29, 0.717) is 24.0 Å². The maximum atomic E-state index is 12.9. The smallest absolute Gasteiger partial charge is 0.275 e. The van der Waals surface area contributed by atoms with E-state index in [9.17, 15) is 14.4 Å². The minimum Gasteiger partial charge on any atom is -0.332 e. The van der Waals surface area contributed by atoms with Crippen molar-refractivity contribution >= 4 is 22.8 Å². The number of fused-ring (bicyclic) bond motifs is 1. The molecule has 4 bridgehead atoms. The molecular weight excluding hydrogens is 392 g/mol. The second kappa shape index (κ2) is 7.46. The van der Waals surface area contributed by atoms with Crippen molar-refractivity contribution in [3.05, 3.63) is 39.8 Å². The number of nitrogens with zero attached hydrogens (tertiary/aromatic N) is 2. The Morgan fingerprint density at radius 3 is 2.35 bits per heavy atom. The molecule has 0 radical (unpaired) electrons. The molecule has 4 saturated carbocycles. The lowest BCUT2D eigenvalue weighted by molar-refractivity contribution is -0.130. The van der Waals surface area contributed by atoms with E-state index in [2.05, 4.69) is 15.8 Å². The summed E-state index contributed by atoms with van der Waals surface area (Å²) in [4.78, 5) is 42.8. The van der Waals surface area contributed by atoms with Gasteiger partial charge in [0.25, 0.3) is 5.91 Å². The van der Waals surface area contributed by atoms with Gasteiger partial charge in [0.1, 0.15) is 11.2 Å². The Morgan fingerprint density at radius 1 is 1.10 bits per heavy atom. The Balaban J connectivity index is 1.29. The van der Waals surface area contributed by atoms with Crippen molar-refractivity contribution in [1.29, 1.82) is 0 Å². The summed E-state index contributed by atoms with van der Waals surface area (Å²) in [6.07, 6.45) is 9.39. The summed E-state index contributed by atoms with van der Waals surface area (Å²) in [6.45, 7) is 4.37. The number of carbonyl (C=O) groups excluding carboxylic acids is 2. The molecule has 7 heteroatoms. The number of amides is 2. The molecule has 6 rings (SSSR count). The minimum atomic E-state index is -0.589. The quantitative estimate of drug-likeness (QED) is 0.741. The Bertz CT molecular complexity index is 1080. The van der Waals surface area contributed by atoms with Crippen molar-refractivity contribution in [2.24, 2.45) is 23.2 Å². The van der Waals surface area contributed by atoms with Crippen LogP contribution in [0.25, 0.3) is 11.0 Å². The van der Waals surface area contributed by atoms with Gasteiger partial charge in [0.15, 0.2) is 0 Å². The van der Waals surface area contributed by atoms with Gasteiger partial charge in [0, 0.05) is 24.9 Å². The summed E-state index contributed by atoms with van der Waals surface area (Å²) >= 11 is 0. The summed E-state index contributed by atoms with van der Waals surface area (Å²) in [7, 11) is 0. The summed E-state index contributed by atoms with van der Waals surface area (Å²) < 4.78 is 1.79. The summed E-state index contributed by atoms with van der Waals surface area (Å²) in [5.74, 6) is 1.57. The van der Waals surface area contributed by atoms with Crippen LogP contribution in [-0.2, 0) is 11.3 Å². The lowest BCUT2D eigenvalue weighted by Gasteiger charge is -2.56. The first kappa shape index (κ1) is 20.2. The van der Waals surface area contributed by atoms with Crippen molar-refractivity contribution < 1.29 is 9.59 Å². The highest BCUT2D eigenvalue weighted by molar-refractivity contribution is 5.97. The fraction of sp³-hybridized carbons (Fsp3) is 0.583. The number of hydrogen-bond donors (Lipinski definition) is 2. The van der Waals surface area contributed by atoms with Crippen LogP contribution in [0.3, 0.4) is 0 Å². The van der Waals surface area contributed by atoms with Crippen molar-refractivity contribution in [3.63, 3.8) is 0 Å². The molecule has 4 aliphatic carbocycles. The van der Waals surface area contributed by atoms with E-state index >= 15 is 0 Å². The van der Waals surface area contributed by atoms with Gasteiger partial charge < -0.3 is 4.57 Å². The molecule has 0 saturated heterocycles. The molecule has 2 aromatic heterocycles. The summed E-state index contributed by atoms with van der Waals surface area (Å²) in [5, 5.41) is 0.403. The first-order chi connectivity index (χ1) is 14.9. The lowest BCUT2D eigenvalue weighted by atomic mass is 9.49. The second-order valence-corrected chi connectivity index (χ2v) is 10.1. The number of rotatable bonds is 4. The molecule has 2 N–H and O–H groups in total. The van der Waals surface area contributed by atoms with E-state index in [1.54, 1.807) is 16.7 Å². The van der Waals surface area contributed by atoms with Crippen LogP contribution in [0.1, 0.15) is 67.9 Å². The Kier molecular flexibility index (Phi) is 4.87. The van der Waals surface area contributed by atoms with E-state index in [4.69, 9.17) is 0 Å². The zero-order valence-electron chi connectivity index (χ0n) is 18.2. The van der Waals surface area contributed by atoms with E-state index in [1.165, 1.54) is 25.5 Å². The highest BCUT2D eigenvalue weighted by atomic mass is 16.2. The Hall–Kier alpha value is -2.70. The number of pyridine rings is 2. The van der Waals surface area contributed by atoms with Crippen LogP contribution < -0.4 is 16.3 Å².